The Kier molecular flexibility index (Phi) is 4.63. The molecule has 1 atom stereocenters. The van der Waals surface area contributed by atoms with Gasteiger partial charge in [0.15, 0.2) is 0 Å². The fraction of sp³-hybridized carbons (Fsp3) is 0.667. The summed E-state index contributed by atoms with van der Waals surface area (Å²) in [6, 6.07) is 9.66. The van der Waals surface area contributed by atoms with E-state index in [0.717, 1.165) is 19.0 Å². The molecule has 1 saturated heterocycles. The van der Waals surface area contributed by atoms with Crippen molar-refractivity contribution in [2.75, 3.05) is 25.4 Å². The van der Waals surface area contributed by atoms with Crippen molar-refractivity contribution in [1.29, 1.82) is 0 Å². The lowest BCUT2D eigenvalue weighted by atomic mass is 10.0. The van der Waals surface area contributed by atoms with E-state index in [1.54, 1.807) is 0 Å². The van der Waals surface area contributed by atoms with Crippen molar-refractivity contribution in [2.45, 2.75) is 49.8 Å². The predicted molar refractivity (Wildman–Crippen MR) is 92.9 cm³/mol. The minimum absolute atomic E-state index is 0.382. The summed E-state index contributed by atoms with van der Waals surface area (Å²) in [4.78, 5) is 2.59. The lowest BCUT2D eigenvalue weighted by Crippen LogP contribution is -2.35. The van der Waals surface area contributed by atoms with Crippen molar-refractivity contribution in [2.24, 2.45) is 5.73 Å². The van der Waals surface area contributed by atoms with E-state index in [9.17, 15) is 0 Å². The van der Waals surface area contributed by atoms with Crippen LogP contribution in [0.5, 0.6) is 0 Å². The molecule has 0 bridgehead atoms. The number of benzene rings is 1. The number of nitrogens with two attached hydrogens (primary N) is 1. The lowest BCUT2D eigenvalue weighted by Gasteiger charge is -2.30. The minimum Gasteiger partial charge on any atom is -0.329 e. The van der Waals surface area contributed by atoms with Crippen LogP contribution in [-0.4, -0.2) is 35.0 Å². The quantitative estimate of drug-likeness (QED) is 0.918. The van der Waals surface area contributed by atoms with Gasteiger partial charge in [-0.05, 0) is 36.3 Å². The zero-order valence-electron chi connectivity index (χ0n) is 13.3. The first-order valence-corrected chi connectivity index (χ1v) is 9.25. The van der Waals surface area contributed by atoms with Crippen molar-refractivity contribution in [3.63, 3.8) is 0 Å². The summed E-state index contributed by atoms with van der Waals surface area (Å²) in [5.41, 5.74) is 9.03. The first-order chi connectivity index (χ1) is 10.1. The molecule has 1 aromatic carbocycles. The number of thioether (sulfide) groups is 1. The molecule has 116 valence electrons. The molecule has 1 unspecified atom stereocenters. The molecule has 21 heavy (non-hydrogen) atoms. The second-order valence-electron chi connectivity index (χ2n) is 7.09. The highest BCUT2D eigenvalue weighted by Gasteiger charge is 2.28. The predicted octanol–water partition coefficient (Wildman–Crippen LogP) is 3.78. The molecule has 1 aliphatic carbocycles. The van der Waals surface area contributed by atoms with Crippen molar-refractivity contribution >= 4 is 11.8 Å². The third-order valence-electron chi connectivity index (χ3n) is 4.91. The molecule has 1 heterocycles. The van der Waals surface area contributed by atoms with Crippen LogP contribution in [0.15, 0.2) is 24.3 Å². The number of hydrogen-bond donors (Lipinski definition) is 1. The van der Waals surface area contributed by atoms with Gasteiger partial charge in [-0.15, -0.1) is 0 Å². The molecule has 1 saturated carbocycles. The Morgan fingerprint density at radius 3 is 2.57 bits per heavy atom. The standard InChI is InChI=1S/C18H28N2S/c1-18(2)9-10-20(11-12-21-18)17(13-19)16-7-5-15(6-8-16)14-3-4-14/h5-8,14,17H,3-4,9-13,19H2,1-2H3. The largest absolute Gasteiger partial charge is 0.329 e. The molecule has 1 aliphatic heterocycles. The van der Waals surface area contributed by atoms with Crippen LogP contribution in [0, 0.1) is 0 Å². The Hall–Kier alpha value is -0.510. The summed E-state index contributed by atoms with van der Waals surface area (Å²) >= 11 is 2.10. The zero-order valence-corrected chi connectivity index (χ0v) is 14.2. The second kappa shape index (κ2) is 6.31. The van der Waals surface area contributed by atoms with E-state index in [2.05, 4.69) is 54.8 Å². The van der Waals surface area contributed by atoms with Crippen LogP contribution < -0.4 is 5.73 Å². The van der Waals surface area contributed by atoms with Gasteiger partial charge >= 0.3 is 0 Å². The van der Waals surface area contributed by atoms with Gasteiger partial charge in [-0.3, -0.25) is 4.90 Å². The van der Waals surface area contributed by atoms with E-state index in [1.165, 1.54) is 36.1 Å². The summed E-state index contributed by atoms with van der Waals surface area (Å²) in [7, 11) is 0. The fourth-order valence-corrected chi connectivity index (χ4v) is 4.36. The third kappa shape index (κ3) is 3.82. The van der Waals surface area contributed by atoms with E-state index >= 15 is 0 Å². The van der Waals surface area contributed by atoms with Crippen LogP contribution in [0.4, 0.5) is 0 Å². The molecule has 0 amide bonds. The average molecular weight is 305 g/mol. The maximum absolute atomic E-state index is 6.12. The van der Waals surface area contributed by atoms with Gasteiger partial charge in [0, 0.05) is 36.2 Å². The molecule has 0 aromatic heterocycles. The van der Waals surface area contributed by atoms with Crippen LogP contribution in [0.25, 0.3) is 0 Å². The Bertz CT molecular complexity index is 465. The second-order valence-corrected chi connectivity index (χ2v) is 8.89. The van der Waals surface area contributed by atoms with Gasteiger partial charge in [0.1, 0.15) is 0 Å². The normalized spacial score (nSPS) is 24.5. The molecular weight excluding hydrogens is 276 g/mol. The Morgan fingerprint density at radius 2 is 1.95 bits per heavy atom. The molecule has 0 spiro atoms. The highest BCUT2D eigenvalue weighted by atomic mass is 32.2. The van der Waals surface area contributed by atoms with Gasteiger partial charge in [0.25, 0.3) is 0 Å². The van der Waals surface area contributed by atoms with Gasteiger partial charge in [-0.25, -0.2) is 0 Å². The monoisotopic (exact) mass is 304 g/mol. The van der Waals surface area contributed by atoms with Gasteiger partial charge in [0.2, 0.25) is 0 Å². The van der Waals surface area contributed by atoms with Gasteiger partial charge < -0.3 is 5.73 Å². The van der Waals surface area contributed by atoms with Crippen LogP contribution in [0.1, 0.15) is 56.2 Å². The topological polar surface area (TPSA) is 29.3 Å². The highest BCUT2D eigenvalue weighted by Crippen LogP contribution is 2.40. The van der Waals surface area contributed by atoms with Crippen molar-refractivity contribution in [1.82, 2.24) is 4.90 Å². The maximum atomic E-state index is 6.12. The SMILES string of the molecule is CC1(C)CCN(C(CN)c2ccc(C3CC3)cc2)CCS1. The summed E-state index contributed by atoms with van der Waals surface area (Å²) in [5, 5.41) is 0. The number of rotatable bonds is 4. The van der Waals surface area contributed by atoms with Crippen LogP contribution in [0.3, 0.4) is 0 Å². The van der Waals surface area contributed by atoms with Crippen LogP contribution in [-0.2, 0) is 0 Å². The fourth-order valence-electron chi connectivity index (χ4n) is 3.25. The molecule has 1 aromatic rings. The maximum Gasteiger partial charge on any atom is 0.0470 e. The van der Waals surface area contributed by atoms with E-state index < -0.39 is 0 Å². The first-order valence-electron chi connectivity index (χ1n) is 8.27. The number of nitrogens with zero attached hydrogens (tertiary/aromatic N) is 1. The van der Waals surface area contributed by atoms with E-state index in [1.807, 2.05) is 0 Å². The van der Waals surface area contributed by atoms with Crippen LogP contribution >= 0.6 is 11.8 Å². The minimum atomic E-state index is 0.382. The zero-order chi connectivity index (χ0) is 14.9. The smallest absolute Gasteiger partial charge is 0.0470 e. The van der Waals surface area contributed by atoms with Gasteiger partial charge in [-0.2, -0.15) is 11.8 Å². The molecule has 0 radical (unpaired) electrons. The van der Waals surface area contributed by atoms with Gasteiger partial charge in [-0.1, -0.05) is 38.1 Å². The molecule has 3 rings (SSSR count). The summed E-state index contributed by atoms with van der Waals surface area (Å²) in [6.45, 7) is 7.76. The van der Waals surface area contributed by atoms with E-state index in [-0.39, 0.29) is 0 Å². The lowest BCUT2D eigenvalue weighted by molar-refractivity contribution is 0.211. The summed E-state index contributed by atoms with van der Waals surface area (Å²) < 4.78 is 0.406. The van der Waals surface area contributed by atoms with Crippen molar-refractivity contribution in [3.05, 3.63) is 35.4 Å². The Balaban J connectivity index is 1.71. The molecular formula is C18H28N2S. The molecule has 3 heteroatoms. The van der Waals surface area contributed by atoms with E-state index in [4.69, 9.17) is 5.73 Å². The van der Waals surface area contributed by atoms with E-state index in [0.29, 0.717) is 17.3 Å². The molecule has 2 fully saturated rings. The van der Waals surface area contributed by atoms with Crippen LogP contribution in [0.2, 0.25) is 0 Å². The average Bonchev–Trinajstić information content (AvgIpc) is 3.30. The number of hydrogen-bond acceptors (Lipinski definition) is 3. The summed E-state index contributed by atoms with van der Waals surface area (Å²) in [6.07, 6.45) is 3.99. The summed E-state index contributed by atoms with van der Waals surface area (Å²) in [5.74, 6) is 2.05. The Labute approximate surface area is 133 Å². The van der Waals surface area contributed by atoms with Crippen molar-refractivity contribution < 1.29 is 0 Å². The first kappa shape index (κ1) is 15.4. The third-order valence-corrected chi connectivity index (χ3v) is 6.28. The van der Waals surface area contributed by atoms with Gasteiger partial charge in [0.05, 0.1) is 0 Å². The van der Waals surface area contributed by atoms with Crippen molar-refractivity contribution in [3.8, 4) is 0 Å². The molecule has 2 nitrogen and oxygen atoms in total. The highest BCUT2D eigenvalue weighted by molar-refractivity contribution is 8.00. The molecule has 2 N–H and O–H groups in total. The molecule has 2 aliphatic rings. The Morgan fingerprint density at radius 1 is 1.24 bits per heavy atom.